The molecule has 7 nitrogen and oxygen atoms in total. The van der Waals surface area contributed by atoms with Crippen LogP contribution in [0.15, 0.2) is 24.3 Å². The van der Waals surface area contributed by atoms with Gasteiger partial charge >= 0.3 is 12.1 Å². The minimum Gasteiger partial charge on any atom is -0.633 e. The van der Waals surface area contributed by atoms with Gasteiger partial charge in [0.15, 0.2) is 0 Å². The van der Waals surface area contributed by atoms with Crippen LogP contribution in [0.3, 0.4) is 0 Å². The van der Waals surface area contributed by atoms with Gasteiger partial charge in [0.1, 0.15) is 6.04 Å². The minimum absolute atomic E-state index is 0.121. The van der Waals surface area contributed by atoms with E-state index in [1.54, 1.807) is 4.90 Å². The molecular weight excluding hydrogens is 384 g/mol. The third-order valence-electron chi connectivity index (χ3n) is 9.44. The second kappa shape index (κ2) is 5.56. The molecule has 2 bridgehead atoms. The van der Waals surface area contributed by atoms with E-state index in [2.05, 4.69) is 6.07 Å². The number of anilines is 1. The third kappa shape index (κ3) is 1.71. The molecule has 3 heterocycles. The highest BCUT2D eigenvalue weighted by molar-refractivity contribution is 5.97. The summed E-state index contributed by atoms with van der Waals surface area (Å²) in [5, 5.41) is 14.2. The van der Waals surface area contributed by atoms with Crippen LogP contribution in [0.2, 0.25) is 0 Å². The average Bonchev–Trinajstić information content (AvgIpc) is 3.24. The van der Waals surface area contributed by atoms with E-state index in [0.717, 1.165) is 30.5 Å². The van der Waals surface area contributed by atoms with E-state index < -0.39 is 23.0 Å². The molecule has 3 aliphatic carbocycles. The molecule has 3 saturated carbocycles. The van der Waals surface area contributed by atoms with Crippen LogP contribution in [0.1, 0.15) is 44.1 Å². The molecule has 3 spiro atoms. The van der Waals surface area contributed by atoms with Gasteiger partial charge in [-0.3, -0.25) is 9.69 Å². The summed E-state index contributed by atoms with van der Waals surface area (Å²) in [4.78, 5) is 28.2. The van der Waals surface area contributed by atoms with Crippen molar-refractivity contribution in [2.75, 3.05) is 32.2 Å². The van der Waals surface area contributed by atoms with Gasteiger partial charge in [-0.15, -0.1) is 0 Å². The number of carbonyl (C=O) groups is 2. The van der Waals surface area contributed by atoms with Gasteiger partial charge in [0.25, 0.3) is 0 Å². The molecule has 160 valence electrons. The molecule has 1 aromatic carbocycles. The first kappa shape index (κ1) is 18.6. The summed E-state index contributed by atoms with van der Waals surface area (Å²) in [6, 6.07) is 7.81. The molecule has 0 N–H and O–H groups in total. The largest absolute Gasteiger partial charge is 0.633 e. The minimum atomic E-state index is -0.801. The molecular formula is C23H28N2O5. The van der Waals surface area contributed by atoms with Crippen molar-refractivity contribution in [3.05, 3.63) is 35.0 Å². The molecule has 2 unspecified atom stereocenters. The molecule has 2 saturated heterocycles. The van der Waals surface area contributed by atoms with E-state index in [9.17, 15) is 14.8 Å². The van der Waals surface area contributed by atoms with Crippen LogP contribution in [-0.2, 0) is 19.7 Å². The lowest BCUT2D eigenvalue weighted by atomic mass is 9.38. The van der Waals surface area contributed by atoms with E-state index >= 15 is 0 Å². The predicted octanol–water partition coefficient (Wildman–Crippen LogP) is 3.10. The van der Waals surface area contributed by atoms with Gasteiger partial charge in [0.05, 0.1) is 49.9 Å². The molecule has 0 aromatic heterocycles. The number of esters is 1. The molecule has 0 radical (unpaired) electrons. The Hall–Kier alpha value is -2.12. The smallest absolute Gasteiger partial charge is 0.414 e. The lowest BCUT2D eigenvalue weighted by Gasteiger charge is -2.71. The second-order valence-corrected chi connectivity index (χ2v) is 10.0. The lowest BCUT2D eigenvalue weighted by molar-refractivity contribution is -0.911. The summed E-state index contributed by atoms with van der Waals surface area (Å²) >= 11 is 0. The fourth-order valence-electron chi connectivity index (χ4n) is 8.90. The molecule has 6 atom stereocenters. The molecule has 6 aliphatic rings. The Kier molecular flexibility index (Phi) is 3.46. The third-order valence-corrected chi connectivity index (χ3v) is 9.44. The van der Waals surface area contributed by atoms with E-state index in [1.165, 1.54) is 14.2 Å². The average molecular weight is 412 g/mol. The number of ether oxygens (including phenoxy) is 2. The first-order chi connectivity index (χ1) is 14.4. The van der Waals surface area contributed by atoms with Crippen molar-refractivity contribution in [2.24, 2.45) is 11.3 Å². The highest BCUT2D eigenvalue weighted by atomic mass is 16.6. The van der Waals surface area contributed by atoms with E-state index in [4.69, 9.17) is 9.47 Å². The number of para-hydroxylation sites is 1. The van der Waals surface area contributed by atoms with Gasteiger partial charge in [0, 0.05) is 11.8 Å². The van der Waals surface area contributed by atoms with Crippen LogP contribution in [0.4, 0.5) is 10.5 Å². The SMILES string of the molecule is COC(=O)[C@@H]1C[C@@]23CCC[N+]4([O-])CCC5(c6ccccc6N(C(=O)OC)[C@]15CC2)[C@H]34. The van der Waals surface area contributed by atoms with Gasteiger partial charge in [-0.05, 0) is 43.7 Å². The van der Waals surface area contributed by atoms with Crippen molar-refractivity contribution < 1.29 is 23.7 Å². The quantitative estimate of drug-likeness (QED) is 0.402. The number of benzene rings is 1. The first-order valence-corrected chi connectivity index (χ1v) is 11.0. The highest BCUT2D eigenvalue weighted by Crippen LogP contribution is 2.77. The first-order valence-electron chi connectivity index (χ1n) is 11.0. The van der Waals surface area contributed by atoms with Gasteiger partial charge < -0.3 is 19.3 Å². The number of hydroxylamine groups is 3. The summed E-state index contributed by atoms with van der Waals surface area (Å²) in [6.07, 6.45) is 4.32. The molecule has 1 amide bonds. The maximum Gasteiger partial charge on any atom is 0.414 e. The van der Waals surface area contributed by atoms with Crippen LogP contribution in [0.25, 0.3) is 0 Å². The van der Waals surface area contributed by atoms with Crippen LogP contribution in [-0.4, -0.2) is 55.6 Å². The van der Waals surface area contributed by atoms with Crippen molar-refractivity contribution in [1.82, 2.24) is 0 Å². The van der Waals surface area contributed by atoms with Crippen LogP contribution in [0.5, 0.6) is 0 Å². The van der Waals surface area contributed by atoms with Crippen LogP contribution >= 0.6 is 0 Å². The Labute approximate surface area is 176 Å². The molecule has 30 heavy (non-hydrogen) atoms. The van der Waals surface area contributed by atoms with Crippen molar-refractivity contribution in [3.8, 4) is 0 Å². The maximum atomic E-state index is 14.2. The summed E-state index contributed by atoms with van der Waals surface area (Å²) in [5.74, 6) is -0.723. The Bertz CT molecular complexity index is 967. The topological polar surface area (TPSA) is 78.9 Å². The van der Waals surface area contributed by atoms with Crippen molar-refractivity contribution >= 4 is 17.7 Å². The number of hydrogen-bond acceptors (Lipinski definition) is 5. The number of methoxy groups -OCH3 is 2. The maximum absolute atomic E-state index is 14.2. The highest BCUT2D eigenvalue weighted by Gasteiger charge is 2.85. The normalized spacial score (nSPS) is 44.8. The zero-order valence-electron chi connectivity index (χ0n) is 17.6. The van der Waals surface area contributed by atoms with Crippen LogP contribution < -0.4 is 4.90 Å². The number of carbonyl (C=O) groups excluding carboxylic acids is 2. The molecule has 7 heteroatoms. The van der Waals surface area contributed by atoms with Crippen LogP contribution in [0, 0.1) is 16.5 Å². The number of hydrogen-bond donors (Lipinski definition) is 0. The van der Waals surface area contributed by atoms with E-state index in [0.29, 0.717) is 32.4 Å². The van der Waals surface area contributed by atoms with E-state index in [1.807, 2.05) is 18.2 Å². The monoisotopic (exact) mass is 412 g/mol. The fraction of sp³-hybridized carbons (Fsp3) is 0.652. The van der Waals surface area contributed by atoms with Crippen molar-refractivity contribution in [1.29, 1.82) is 0 Å². The standard InChI is InChI=1S/C23H28N2O5/c1-29-18(26)16-14-21-8-5-12-25(28)13-11-22(19(21)25)15-6-3-4-7-17(15)24(20(27)30-2)23(16,22)10-9-21/h3-4,6-7,16,19H,5,8-14H2,1-2H3/t16-,19-,21+,22?,23+,25?/m0/s1. The fourth-order valence-corrected chi connectivity index (χ4v) is 8.90. The zero-order valence-corrected chi connectivity index (χ0v) is 17.6. The molecule has 7 rings (SSSR count). The van der Waals surface area contributed by atoms with Crippen molar-refractivity contribution in [2.45, 2.75) is 55.5 Å². The van der Waals surface area contributed by atoms with Crippen molar-refractivity contribution in [3.63, 3.8) is 0 Å². The van der Waals surface area contributed by atoms with Gasteiger partial charge in [-0.1, -0.05) is 18.2 Å². The second-order valence-electron chi connectivity index (χ2n) is 10.0. The number of rotatable bonds is 1. The number of quaternary nitrogens is 1. The summed E-state index contributed by atoms with van der Waals surface area (Å²) in [6.45, 7) is 1.18. The number of nitrogens with zero attached hydrogens (tertiary/aromatic N) is 2. The Morgan fingerprint density at radius 2 is 1.90 bits per heavy atom. The molecule has 3 aliphatic heterocycles. The summed E-state index contributed by atoms with van der Waals surface area (Å²) in [7, 11) is 2.82. The zero-order chi connectivity index (χ0) is 20.9. The number of piperidine rings is 1. The predicted molar refractivity (Wildman–Crippen MR) is 109 cm³/mol. The van der Waals surface area contributed by atoms with Gasteiger partial charge in [0.2, 0.25) is 0 Å². The van der Waals surface area contributed by atoms with E-state index in [-0.39, 0.29) is 22.1 Å². The Morgan fingerprint density at radius 3 is 2.67 bits per heavy atom. The van der Waals surface area contributed by atoms with Gasteiger partial charge in [-0.2, -0.15) is 0 Å². The van der Waals surface area contributed by atoms with Gasteiger partial charge in [-0.25, -0.2) is 4.79 Å². The lowest BCUT2D eigenvalue weighted by Crippen LogP contribution is -2.81. The molecule has 5 fully saturated rings. The number of fused-ring (bicyclic) bond motifs is 3. The Morgan fingerprint density at radius 1 is 1.10 bits per heavy atom. The number of amides is 1. The summed E-state index contributed by atoms with van der Waals surface area (Å²) in [5.41, 5.74) is 0.349. The molecule has 1 aromatic rings. The Balaban J connectivity index is 1.71. The summed E-state index contributed by atoms with van der Waals surface area (Å²) < 4.78 is 10.4.